The summed E-state index contributed by atoms with van der Waals surface area (Å²) >= 11 is 1.55. The Labute approximate surface area is 143 Å². The minimum atomic E-state index is -0.598. The van der Waals surface area contributed by atoms with E-state index in [9.17, 15) is 14.9 Å². The van der Waals surface area contributed by atoms with E-state index in [1.807, 2.05) is 27.7 Å². The van der Waals surface area contributed by atoms with Crippen LogP contribution in [0.25, 0.3) is 0 Å². The number of benzene rings is 1. The predicted molar refractivity (Wildman–Crippen MR) is 91.3 cm³/mol. The minimum Gasteiger partial charge on any atom is -0.484 e. The van der Waals surface area contributed by atoms with Crippen LogP contribution < -0.4 is 10.1 Å². The Morgan fingerprint density at radius 1 is 1.33 bits per heavy atom. The van der Waals surface area contributed by atoms with Crippen LogP contribution in [0.1, 0.15) is 29.4 Å². The van der Waals surface area contributed by atoms with E-state index in [1.165, 1.54) is 24.3 Å². The van der Waals surface area contributed by atoms with Gasteiger partial charge in [-0.3, -0.25) is 14.9 Å². The molecule has 1 N–H and O–H groups in total. The fourth-order valence-corrected chi connectivity index (χ4v) is 2.96. The van der Waals surface area contributed by atoms with Crippen molar-refractivity contribution in [2.24, 2.45) is 0 Å². The summed E-state index contributed by atoms with van der Waals surface area (Å²) in [5.41, 5.74) is 0.335. The molecule has 1 amide bonds. The second kappa shape index (κ2) is 6.96. The molecule has 0 spiro atoms. The molecule has 2 rings (SSSR count). The molecule has 0 saturated carbocycles. The molecule has 0 saturated heterocycles. The number of nitrogens with one attached hydrogen (secondary N) is 1. The molecule has 0 radical (unpaired) electrons. The lowest BCUT2D eigenvalue weighted by atomic mass is 10.1. The highest BCUT2D eigenvalue weighted by Gasteiger charge is 2.27. The van der Waals surface area contributed by atoms with Crippen LogP contribution in [0.5, 0.6) is 5.75 Å². The largest absolute Gasteiger partial charge is 0.484 e. The van der Waals surface area contributed by atoms with E-state index in [1.54, 1.807) is 11.3 Å². The molecular formula is C16H19N3O4S. The molecule has 1 aromatic heterocycles. The highest BCUT2D eigenvalue weighted by atomic mass is 32.1. The first-order valence-electron chi connectivity index (χ1n) is 7.32. The molecule has 0 aliphatic heterocycles. The smallest absolute Gasteiger partial charge is 0.269 e. The van der Waals surface area contributed by atoms with E-state index < -0.39 is 10.5 Å². The van der Waals surface area contributed by atoms with Crippen molar-refractivity contribution in [2.75, 3.05) is 6.61 Å². The lowest BCUT2D eigenvalue weighted by Gasteiger charge is -2.23. The van der Waals surface area contributed by atoms with Gasteiger partial charge in [0, 0.05) is 17.0 Å². The molecule has 8 heteroatoms. The van der Waals surface area contributed by atoms with Gasteiger partial charge in [0.15, 0.2) is 6.61 Å². The molecule has 2 aromatic rings. The van der Waals surface area contributed by atoms with Crippen LogP contribution in [0.3, 0.4) is 0 Å². The van der Waals surface area contributed by atoms with Gasteiger partial charge in [-0.15, -0.1) is 11.3 Å². The second-order valence-corrected chi connectivity index (χ2v) is 7.08. The van der Waals surface area contributed by atoms with Crippen LogP contribution in [0.2, 0.25) is 0 Å². The Hall–Kier alpha value is -2.48. The zero-order chi connectivity index (χ0) is 17.9. The van der Waals surface area contributed by atoms with Gasteiger partial charge in [0.25, 0.3) is 11.6 Å². The summed E-state index contributed by atoms with van der Waals surface area (Å²) in [6, 6.07) is 5.59. The standard InChI is InChI=1S/C16H19N3O4S/c1-10-11(2)24-15(17-10)16(3,4)18-14(20)9-23-13-7-5-12(6-8-13)19(21)22/h5-8H,9H2,1-4H3,(H,18,20). The van der Waals surface area contributed by atoms with Gasteiger partial charge < -0.3 is 10.1 Å². The van der Waals surface area contributed by atoms with E-state index in [4.69, 9.17) is 4.74 Å². The third-order valence-electron chi connectivity index (χ3n) is 3.43. The summed E-state index contributed by atoms with van der Waals surface area (Å²) in [4.78, 5) is 27.8. The zero-order valence-electron chi connectivity index (χ0n) is 14.0. The number of aromatic nitrogens is 1. The van der Waals surface area contributed by atoms with Gasteiger partial charge in [0.2, 0.25) is 0 Å². The van der Waals surface area contributed by atoms with Crippen molar-refractivity contribution in [1.29, 1.82) is 0 Å². The van der Waals surface area contributed by atoms with Crippen molar-refractivity contribution in [1.82, 2.24) is 10.3 Å². The number of nitro benzene ring substituents is 1. The number of hydrogen-bond acceptors (Lipinski definition) is 6. The number of hydrogen-bond donors (Lipinski definition) is 1. The SMILES string of the molecule is Cc1nc(C(C)(C)NC(=O)COc2ccc([N+](=O)[O-])cc2)sc1C. The molecule has 0 fully saturated rings. The van der Waals surface area contributed by atoms with Crippen LogP contribution >= 0.6 is 11.3 Å². The highest BCUT2D eigenvalue weighted by molar-refractivity contribution is 7.11. The summed E-state index contributed by atoms with van der Waals surface area (Å²) in [6.45, 7) is 7.52. The monoisotopic (exact) mass is 349 g/mol. The Bertz CT molecular complexity index is 734. The zero-order valence-corrected chi connectivity index (χ0v) is 14.8. The maximum absolute atomic E-state index is 12.1. The summed E-state index contributed by atoms with van der Waals surface area (Å²) in [6.07, 6.45) is 0. The number of amides is 1. The van der Waals surface area contributed by atoms with Crippen LogP contribution in [0, 0.1) is 24.0 Å². The molecule has 0 bridgehead atoms. The molecular weight excluding hydrogens is 330 g/mol. The molecule has 0 atom stereocenters. The molecule has 0 aliphatic carbocycles. The van der Waals surface area contributed by atoms with Gasteiger partial charge in [-0.25, -0.2) is 4.98 Å². The van der Waals surface area contributed by atoms with Gasteiger partial charge in [-0.05, 0) is 39.8 Å². The maximum Gasteiger partial charge on any atom is 0.269 e. The van der Waals surface area contributed by atoms with E-state index in [0.717, 1.165) is 15.6 Å². The van der Waals surface area contributed by atoms with Gasteiger partial charge in [-0.2, -0.15) is 0 Å². The third-order valence-corrected chi connectivity index (χ3v) is 4.83. The molecule has 0 unspecified atom stereocenters. The number of ether oxygens (including phenoxy) is 1. The van der Waals surface area contributed by atoms with Crippen LogP contribution in [-0.2, 0) is 10.3 Å². The van der Waals surface area contributed by atoms with Gasteiger partial charge >= 0.3 is 0 Å². The number of aryl methyl sites for hydroxylation is 2. The fraction of sp³-hybridized carbons (Fsp3) is 0.375. The number of carbonyl (C=O) groups is 1. The normalized spacial score (nSPS) is 11.2. The Morgan fingerprint density at radius 2 is 1.96 bits per heavy atom. The van der Waals surface area contributed by atoms with Crippen LogP contribution in [0.15, 0.2) is 24.3 Å². The highest BCUT2D eigenvalue weighted by Crippen LogP contribution is 2.27. The van der Waals surface area contributed by atoms with E-state index in [-0.39, 0.29) is 18.2 Å². The average molecular weight is 349 g/mol. The fourth-order valence-electron chi connectivity index (χ4n) is 1.99. The predicted octanol–water partition coefficient (Wildman–Crippen LogP) is 3.10. The maximum atomic E-state index is 12.1. The van der Waals surface area contributed by atoms with E-state index >= 15 is 0 Å². The minimum absolute atomic E-state index is 0.0255. The van der Waals surface area contributed by atoms with Gasteiger partial charge in [-0.1, -0.05) is 0 Å². The summed E-state index contributed by atoms with van der Waals surface area (Å²) in [5, 5.41) is 14.3. The quantitative estimate of drug-likeness (QED) is 0.639. The van der Waals surface area contributed by atoms with Crippen molar-refractivity contribution in [3.8, 4) is 5.75 Å². The van der Waals surface area contributed by atoms with E-state index in [0.29, 0.717) is 5.75 Å². The Balaban J connectivity index is 1.93. The number of nitro groups is 1. The van der Waals surface area contributed by atoms with Crippen molar-refractivity contribution in [2.45, 2.75) is 33.2 Å². The van der Waals surface area contributed by atoms with Crippen molar-refractivity contribution in [3.63, 3.8) is 0 Å². The van der Waals surface area contributed by atoms with Crippen LogP contribution in [0.4, 0.5) is 5.69 Å². The first-order valence-corrected chi connectivity index (χ1v) is 8.13. The summed E-state index contributed by atoms with van der Waals surface area (Å²) < 4.78 is 5.36. The summed E-state index contributed by atoms with van der Waals surface area (Å²) in [7, 11) is 0. The lowest BCUT2D eigenvalue weighted by Crippen LogP contribution is -2.43. The van der Waals surface area contributed by atoms with E-state index in [2.05, 4.69) is 10.3 Å². The number of nitrogens with zero attached hydrogens (tertiary/aromatic N) is 2. The van der Waals surface area contributed by atoms with Crippen LogP contribution in [-0.4, -0.2) is 22.4 Å². The van der Waals surface area contributed by atoms with Crippen molar-refractivity contribution >= 4 is 22.9 Å². The second-order valence-electron chi connectivity index (χ2n) is 5.87. The summed E-state index contributed by atoms with van der Waals surface area (Å²) in [5.74, 6) is 0.110. The molecule has 1 aromatic carbocycles. The topological polar surface area (TPSA) is 94.4 Å². The van der Waals surface area contributed by atoms with Crippen molar-refractivity contribution < 1.29 is 14.5 Å². The molecule has 24 heavy (non-hydrogen) atoms. The van der Waals surface area contributed by atoms with Gasteiger partial charge in [0.05, 0.1) is 16.2 Å². The van der Waals surface area contributed by atoms with Gasteiger partial charge in [0.1, 0.15) is 10.8 Å². The number of thiazole rings is 1. The number of rotatable bonds is 6. The lowest BCUT2D eigenvalue weighted by molar-refractivity contribution is -0.384. The number of non-ortho nitro benzene ring substituents is 1. The molecule has 0 aliphatic rings. The first kappa shape index (κ1) is 17.9. The third kappa shape index (κ3) is 4.29. The average Bonchev–Trinajstić information content (AvgIpc) is 2.85. The molecule has 128 valence electrons. The Kier molecular flexibility index (Phi) is 5.18. The first-order chi connectivity index (χ1) is 11.2. The van der Waals surface area contributed by atoms with Crippen molar-refractivity contribution in [3.05, 3.63) is 50.0 Å². The number of carbonyl (C=O) groups excluding carboxylic acids is 1. The molecule has 1 heterocycles. The molecule has 7 nitrogen and oxygen atoms in total. The Morgan fingerprint density at radius 3 is 2.46 bits per heavy atom.